The van der Waals surface area contributed by atoms with Crippen LogP contribution in [0.25, 0.3) is 0 Å². The Bertz CT molecular complexity index is 678. The number of carboxylic acids is 1. The summed E-state index contributed by atoms with van der Waals surface area (Å²) in [5.41, 5.74) is 1.02. The number of benzene rings is 1. The van der Waals surface area contributed by atoms with Gasteiger partial charge in [-0.25, -0.2) is 4.79 Å². The first-order valence-corrected chi connectivity index (χ1v) is 8.98. The topological polar surface area (TPSA) is 79.3 Å². The molecule has 1 N–H and O–H groups in total. The first-order chi connectivity index (χ1) is 12.5. The summed E-state index contributed by atoms with van der Waals surface area (Å²) < 4.78 is 10.6. The smallest absolute Gasteiger partial charge is 0.341 e. The Morgan fingerprint density at radius 2 is 2.08 bits per heavy atom. The molecule has 0 radical (unpaired) electrons. The van der Waals surface area contributed by atoms with E-state index in [1.54, 1.807) is 6.07 Å². The lowest BCUT2D eigenvalue weighted by atomic mass is 9.99. The van der Waals surface area contributed by atoms with Crippen molar-refractivity contribution in [2.45, 2.75) is 31.8 Å². The van der Waals surface area contributed by atoms with Gasteiger partial charge >= 0.3 is 5.97 Å². The monoisotopic (exact) mass is 362 g/mol. The molecule has 1 amide bonds. The molecule has 2 aliphatic heterocycles. The Kier molecular flexibility index (Phi) is 5.66. The molecule has 0 unspecified atom stereocenters. The number of methoxy groups -OCH3 is 1. The van der Waals surface area contributed by atoms with Gasteiger partial charge in [0.2, 0.25) is 5.91 Å². The molecule has 0 saturated carbocycles. The zero-order valence-electron chi connectivity index (χ0n) is 15.3. The molecule has 7 heteroatoms. The fourth-order valence-electron chi connectivity index (χ4n) is 3.91. The Morgan fingerprint density at radius 1 is 1.27 bits per heavy atom. The zero-order valence-corrected chi connectivity index (χ0v) is 15.3. The van der Waals surface area contributed by atoms with Gasteiger partial charge in [0.1, 0.15) is 0 Å². The largest absolute Gasteiger partial charge is 0.493 e. The Labute approximate surface area is 153 Å². The Morgan fingerprint density at radius 3 is 2.81 bits per heavy atom. The summed E-state index contributed by atoms with van der Waals surface area (Å²) >= 11 is 0. The van der Waals surface area contributed by atoms with E-state index in [0.717, 1.165) is 37.9 Å². The molecule has 142 valence electrons. The molecule has 0 aromatic heterocycles. The van der Waals surface area contributed by atoms with Crippen molar-refractivity contribution in [2.24, 2.45) is 5.92 Å². The normalized spacial score (nSPS) is 23.5. The average molecular weight is 362 g/mol. The van der Waals surface area contributed by atoms with Crippen LogP contribution in [-0.2, 0) is 16.1 Å². The van der Waals surface area contributed by atoms with Gasteiger partial charge in [0.15, 0.2) is 18.1 Å². The molecule has 2 saturated heterocycles. The second-order valence-electron chi connectivity index (χ2n) is 7.09. The standard InChI is InChI=1S/C19H26N2O5/c1-20-15-5-3-4-14(19(20)24)10-21(11-15)9-13-6-7-16(25-2)17(8-13)26-12-18(22)23/h6-8,14-15H,3-5,9-12H2,1-2H3,(H,22,23)/t14-,15+/m1/s1. The number of carboxylic acid groups (broad SMARTS) is 1. The second kappa shape index (κ2) is 7.95. The highest BCUT2D eigenvalue weighted by Gasteiger charge is 2.36. The number of fused-ring (bicyclic) bond motifs is 3. The van der Waals surface area contributed by atoms with Crippen molar-refractivity contribution in [3.8, 4) is 11.5 Å². The van der Waals surface area contributed by atoms with Crippen LogP contribution in [0.15, 0.2) is 18.2 Å². The lowest BCUT2D eigenvalue weighted by Crippen LogP contribution is -2.40. The van der Waals surface area contributed by atoms with Crippen LogP contribution in [0.4, 0.5) is 0 Å². The van der Waals surface area contributed by atoms with Crippen LogP contribution in [0.5, 0.6) is 11.5 Å². The van der Waals surface area contributed by atoms with Gasteiger partial charge in [0, 0.05) is 32.7 Å². The highest BCUT2D eigenvalue weighted by Crippen LogP contribution is 2.31. The van der Waals surface area contributed by atoms with Crippen LogP contribution in [0.1, 0.15) is 24.8 Å². The minimum absolute atomic E-state index is 0.0634. The maximum absolute atomic E-state index is 12.5. The van der Waals surface area contributed by atoms with Gasteiger partial charge in [-0.15, -0.1) is 0 Å². The third kappa shape index (κ3) is 4.09. The highest BCUT2D eigenvalue weighted by molar-refractivity contribution is 5.79. The molecule has 1 aromatic carbocycles. The summed E-state index contributed by atoms with van der Waals surface area (Å²) in [4.78, 5) is 27.5. The van der Waals surface area contributed by atoms with E-state index < -0.39 is 12.6 Å². The first kappa shape index (κ1) is 18.5. The van der Waals surface area contributed by atoms with Crippen molar-refractivity contribution in [3.05, 3.63) is 23.8 Å². The number of carbonyl (C=O) groups is 2. The van der Waals surface area contributed by atoms with E-state index in [1.807, 2.05) is 24.1 Å². The van der Waals surface area contributed by atoms with Crippen molar-refractivity contribution < 1.29 is 24.2 Å². The molecular weight excluding hydrogens is 336 g/mol. The maximum Gasteiger partial charge on any atom is 0.341 e. The molecule has 0 spiro atoms. The number of carbonyl (C=O) groups excluding carboxylic acids is 1. The summed E-state index contributed by atoms with van der Waals surface area (Å²) in [6.07, 6.45) is 3.10. The van der Waals surface area contributed by atoms with E-state index in [9.17, 15) is 9.59 Å². The van der Waals surface area contributed by atoms with Crippen LogP contribution in [0.2, 0.25) is 0 Å². The van der Waals surface area contributed by atoms with E-state index >= 15 is 0 Å². The van der Waals surface area contributed by atoms with Gasteiger partial charge in [-0.1, -0.05) is 12.5 Å². The predicted molar refractivity (Wildman–Crippen MR) is 95.3 cm³/mol. The van der Waals surface area contributed by atoms with E-state index in [4.69, 9.17) is 14.6 Å². The lowest BCUT2D eigenvalue weighted by molar-refractivity contribution is -0.139. The quantitative estimate of drug-likeness (QED) is 0.828. The van der Waals surface area contributed by atoms with Crippen LogP contribution in [0.3, 0.4) is 0 Å². The fraction of sp³-hybridized carbons (Fsp3) is 0.579. The highest BCUT2D eigenvalue weighted by atomic mass is 16.5. The summed E-state index contributed by atoms with van der Waals surface area (Å²) in [6.45, 7) is 1.90. The third-order valence-corrected chi connectivity index (χ3v) is 5.27. The van der Waals surface area contributed by atoms with Crippen LogP contribution in [-0.4, -0.2) is 66.7 Å². The van der Waals surface area contributed by atoms with Crippen molar-refractivity contribution in [2.75, 3.05) is 33.9 Å². The maximum atomic E-state index is 12.5. The van der Waals surface area contributed by atoms with Crippen molar-refractivity contribution in [1.82, 2.24) is 9.80 Å². The third-order valence-electron chi connectivity index (χ3n) is 5.27. The van der Waals surface area contributed by atoms with E-state index in [1.165, 1.54) is 7.11 Å². The SMILES string of the molecule is COc1ccc(CN2C[C@H]3CCC[C@@H](C2)N(C)C3=O)cc1OCC(=O)O. The van der Waals surface area contributed by atoms with Gasteiger partial charge in [0.25, 0.3) is 0 Å². The first-order valence-electron chi connectivity index (χ1n) is 8.98. The van der Waals surface area contributed by atoms with Gasteiger partial charge in [-0.3, -0.25) is 9.69 Å². The summed E-state index contributed by atoms with van der Waals surface area (Å²) in [7, 11) is 3.44. The zero-order chi connectivity index (χ0) is 18.7. The number of likely N-dealkylation sites (N-methyl/N-ethyl adjacent to an activating group) is 1. The fourth-order valence-corrected chi connectivity index (χ4v) is 3.91. The van der Waals surface area contributed by atoms with Gasteiger partial charge in [-0.2, -0.15) is 0 Å². The van der Waals surface area contributed by atoms with Crippen molar-refractivity contribution in [1.29, 1.82) is 0 Å². The predicted octanol–water partition coefficient (Wildman–Crippen LogP) is 1.60. The van der Waals surface area contributed by atoms with Crippen LogP contribution < -0.4 is 9.47 Å². The lowest BCUT2D eigenvalue weighted by Gasteiger charge is -2.29. The number of hydrogen-bond acceptors (Lipinski definition) is 5. The number of hydrogen-bond donors (Lipinski definition) is 1. The summed E-state index contributed by atoms with van der Waals surface area (Å²) in [5.74, 6) is 0.233. The molecule has 2 aliphatic rings. The van der Waals surface area contributed by atoms with Crippen LogP contribution in [0, 0.1) is 5.92 Å². The summed E-state index contributed by atoms with van der Waals surface area (Å²) in [5, 5.41) is 8.83. The molecule has 3 rings (SSSR count). The molecule has 1 aromatic rings. The van der Waals surface area contributed by atoms with Crippen molar-refractivity contribution in [3.63, 3.8) is 0 Å². The second-order valence-corrected chi connectivity index (χ2v) is 7.09. The molecule has 26 heavy (non-hydrogen) atoms. The minimum atomic E-state index is -1.03. The molecule has 0 aliphatic carbocycles. The molecule has 2 bridgehead atoms. The van der Waals surface area contributed by atoms with E-state index in [-0.39, 0.29) is 17.9 Å². The number of rotatable bonds is 6. The van der Waals surface area contributed by atoms with Gasteiger partial charge in [0.05, 0.1) is 13.0 Å². The van der Waals surface area contributed by atoms with E-state index in [2.05, 4.69) is 4.90 Å². The molecular formula is C19H26N2O5. The van der Waals surface area contributed by atoms with Gasteiger partial charge in [-0.05, 0) is 30.5 Å². The minimum Gasteiger partial charge on any atom is -0.493 e. The Hall–Kier alpha value is -2.28. The number of likely N-dealkylation sites (tertiary alicyclic amines) is 1. The molecule has 2 atom stereocenters. The van der Waals surface area contributed by atoms with Crippen LogP contribution >= 0.6 is 0 Å². The van der Waals surface area contributed by atoms with Gasteiger partial charge < -0.3 is 19.5 Å². The Balaban J connectivity index is 1.75. The number of ether oxygens (including phenoxy) is 2. The molecule has 2 fully saturated rings. The number of aliphatic carboxylic acids is 1. The van der Waals surface area contributed by atoms with E-state index in [0.29, 0.717) is 18.0 Å². The average Bonchev–Trinajstić information content (AvgIpc) is 2.79. The molecule has 2 heterocycles. The van der Waals surface area contributed by atoms with Crippen molar-refractivity contribution >= 4 is 11.9 Å². The molecule has 7 nitrogen and oxygen atoms in total. The number of amides is 1. The summed E-state index contributed by atoms with van der Waals surface area (Å²) in [6, 6.07) is 5.84. The number of nitrogens with zero attached hydrogens (tertiary/aromatic N) is 2.